The average molecular weight is 337 g/mol. The van der Waals surface area contributed by atoms with E-state index in [0.29, 0.717) is 5.56 Å². The maximum atomic E-state index is 8.94. The van der Waals surface area contributed by atoms with Gasteiger partial charge in [0.15, 0.2) is 0 Å². The Morgan fingerprint density at radius 3 is 2.58 bits per heavy atom. The zero-order valence-corrected chi connectivity index (χ0v) is 14.1. The van der Waals surface area contributed by atoms with Gasteiger partial charge in [0.1, 0.15) is 5.69 Å². The van der Waals surface area contributed by atoms with Gasteiger partial charge in [-0.3, -0.25) is 15.1 Å². The number of nitrogens with zero attached hydrogens (tertiary/aromatic N) is 4. The van der Waals surface area contributed by atoms with Gasteiger partial charge < -0.3 is 0 Å². The lowest BCUT2D eigenvalue weighted by Crippen LogP contribution is -1.90. The predicted molar refractivity (Wildman–Crippen MR) is 99.9 cm³/mol. The molecule has 0 saturated carbocycles. The molecule has 4 aromatic rings. The first-order chi connectivity index (χ1) is 12.7. The molecule has 0 aliphatic heterocycles. The average Bonchev–Trinajstić information content (AvgIpc) is 3.18. The van der Waals surface area contributed by atoms with Gasteiger partial charge in [0.05, 0.1) is 23.0 Å². The van der Waals surface area contributed by atoms with Crippen molar-refractivity contribution in [1.82, 2.24) is 20.2 Å². The normalized spacial score (nSPS) is 10.5. The Kier molecular flexibility index (Phi) is 4.00. The summed E-state index contributed by atoms with van der Waals surface area (Å²) in [5.74, 6) is 0. The summed E-state index contributed by atoms with van der Waals surface area (Å²) < 4.78 is 0. The minimum Gasteiger partial charge on any atom is -0.284 e. The number of hydrogen-bond acceptors (Lipinski definition) is 4. The fourth-order valence-electron chi connectivity index (χ4n) is 2.85. The Labute approximate surface area is 151 Å². The van der Waals surface area contributed by atoms with E-state index in [4.69, 9.17) is 5.26 Å². The van der Waals surface area contributed by atoms with Gasteiger partial charge in [0.2, 0.25) is 0 Å². The first-order valence-electron chi connectivity index (χ1n) is 8.19. The topological polar surface area (TPSA) is 78.2 Å². The van der Waals surface area contributed by atoms with Gasteiger partial charge in [0.25, 0.3) is 0 Å². The Balaban J connectivity index is 1.76. The SMILES string of the molecule is Cc1cccc(-c2n[nH]cc2-c2ccnc(-c3ccc(C#N)cc3)c2)n1. The number of benzene rings is 1. The largest absolute Gasteiger partial charge is 0.284 e. The van der Waals surface area contributed by atoms with E-state index in [-0.39, 0.29) is 0 Å². The molecular weight excluding hydrogens is 322 g/mol. The second-order valence-corrected chi connectivity index (χ2v) is 5.93. The third-order valence-corrected chi connectivity index (χ3v) is 4.15. The molecule has 0 spiro atoms. The Hall–Kier alpha value is -3.78. The van der Waals surface area contributed by atoms with Crippen molar-refractivity contribution in [1.29, 1.82) is 5.26 Å². The highest BCUT2D eigenvalue weighted by molar-refractivity contribution is 5.80. The zero-order chi connectivity index (χ0) is 17.9. The summed E-state index contributed by atoms with van der Waals surface area (Å²) >= 11 is 0. The number of nitrogens with one attached hydrogen (secondary N) is 1. The molecule has 1 N–H and O–H groups in total. The van der Waals surface area contributed by atoms with Crippen molar-refractivity contribution in [2.75, 3.05) is 0 Å². The number of nitriles is 1. The fourth-order valence-corrected chi connectivity index (χ4v) is 2.85. The van der Waals surface area contributed by atoms with Gasteiger partial charge in [-0.2, -0.15) is 10.4 Å². The van der Waals surface area contributed by atoms with E-state index >= 15 is 0 Å². The van der Waals surface area contributed by atoms with Crippen LogP contribution in [0.1, 0.15) is 11.3 Å². The van der Waals surface area contributed by atoms with Crippen LogP contribution in [0.15, 0.2) is 67.0 Å². The van der Waals surface area contributed by atoms with Crippen molar-refractivity contribution in [3.05, 3.63) is 78.2 Å². The lowest BCUT2D eigenvalue weighted by molar-refractivity contribution is 1.08. The van der Waals surface area contributed by atoms with Crippen LogP contribution in [0.2, 0.25) is 0 Å². The van der Waals surface area contributed by atoms with Crippen LogP contribution in [0.25, 0.3) is 33.8 Å². The molecule has 0 atom stereocenters. The van der Waals surface area contributed by atoms with E-state index in [1.807, 2.05) is 55.6 Å². The van der Waals surface area contributed by atoms with Gasteiger partial charge >= 0.3 is 0 Å². The van der Waals surface area contributed by atoms with Crippen molar-refractivity contribution in [3.63, 3.8) is 0 Å². The van der Waals surface area contributed by atoms with Crippen molar-refractivity contribution in [2.24, 2.45) is 0 Å². The number of rotatable bonds is 3. The van der Waals surface area contributed by atoms with Crippen LogP contribution >= 0.6 is 0 Å². The molecule has 0 aliphatic rings. The minimum absolute atomic E-state index is 0.632. The predicted octanol–water partition coefficient (Wildman–Crippen LogP) is 4.38. The molecule has 3 heterocycles. The minimum atomic E-state index is 0.632. The molecule has 3 aromatic heterocycles. The molecule has 0 fully saturated rings. The number of aromatic amines is 1. The summed E-state index contributed by atoms with van der Waals surface area (Å²) in [7, 11) is 0. The molecule has 4 rings (SSSR count). The molecule has 0 saturated heterocycles. The molecular formula is C21H15N5. The van der Waals surface area contributed by atoms with E-state index in [9.17, 15) is 0 Å². The second kappa shape index (κ2) is 6.61. The fraction of sp³-hybridized carbons (Fsp3) is 0.0476. The number of aryl methyl sites for hydroxylation is 1. The second-order valence-electron chi connectivity index (χ2n) is 5.93. The summed E-state index contributed by atoms with van der Waals surface area (Å²) in [6.45, 7) is 1.96. The van der Waals surface area contributed by atoms with Gasteiger partial charge in [-0.05, 0) is 48.9 Å². The molecule has 26 heavy (non-hydrogen) atoms. The van der Waals surface area contributed by atoms with Crippen molar-refractivity contribution in [2.45, 2.75) is 6.92 Å². The van der Waals surface area contributed by atoms with Crippen molar-refractivity contribution in [3.8, 4) is 39.8 Å². The lowest BCUT2D eigenvalue weighted by Gasteiger charge is -2.06. The van der Waals surface area contributed by atoms with Crippen LogP contribution in [-0.4, -0.2) is 20.2 Å². The Morgan fingerprint density at radius 1 is 0.962 bits per heavy atom. The van der Waals surface area contributed by atoms with E-state index in [1.165, 1.54) is 0 Å². The molecule has 5 heteroatoms. The van der Waals surface area contributed by atoms with Gasteiger partial charge in [-0.1, -0.05) is 18.2 Å². The van der Waals surface area contributed by atoms with Crippen LogP contribution in [-0.2, 0) is 0 Å². The number of pyridine rings is 2. The van der Waals surface area contributed by atoms with E-state index in [1.54, 1.807) is 18.3 Å². The smallest absolute Gasteiger partial charge is 0.118 e. The highest BCUT2D eigenvalue weighted by Crippen LogP contribution is 2.31. The van der Waals surface area contributed by atoms with Crippen LogP contribution in [0.4, 0.5) is 0 Å². The number of H-pyrrole nitrogens is 1. The maximum Gasteiger partial charge on any atom is 0.118 e. The van der Waals surface area contributed by atoms with Crippen molar-refractivity contribution < 1.29 is 0 Å². The monoisotopic (exact) mass is 337 g/mol. The van der Waals surface area contributed by atoms with Gasteiger partial charge in [0, 0.05) is 29.2 Å². The van der Waals surface area contributed by atoms with Gasteiger partial charge in [-0.15, -0.1) is 0 Å². The van der Waals surface area contributed by atoms with Gasteiger partial charge in [-0.25, -0.2) is 0 Å². The van der Waals surface area contributed by atoms with E-state index < -0.39 is 0 Å². The summed E-state index contributed by atoms with van der Waals surface area (Å²) in [5, 5.41) is 16.3. The highest BCUT2D eigenvalue weighted by Gasteiger charge is 2.13. The summed E-state index contributed by atoms with van der Waals surface area (Å²) in [4.78, 5) is 9.04. The number of aromatic nitrogens is 4. The third-order valence-electron chi connectivity index (χ3n) is 4.15. The van der Waals surface area contributed by atoms with Crippen LogP contribution in [0.5, 0.6) is 0 Å². The quantitative estimate of drug-likeness (QED) is 0.602. The summed E-state index contributed by atoms with van der Waals surface area (Å²) in [5.41, 5.74) is 7.01. The number of hydrogen-bond donors (Lipinski definition) is 1. The Morgan fingerprint density at radius 2 is 1.81 bits per heavy atom. The molecule has 0 aliphatic carbocycles. The maximum absolute atomic E-state index is 8.94. The zero-order valence-electron chi connectivity index (χ0n) is 14.1. The molecule has 5 nitrogen and oxygen atoms in total. The molecule has 0 bridgehead atoms. The summed E-state index contributed by atoms with van der Waals surface area (Å²) in [6, 6.07) is 19.4. The summed E-state index contributed by atoms with van der Waals surface area (Å²) in [6.07, 6.45) is 3.65. The van der Waals surface area contributed by atoms with Crippen molar-refractivity contribution >= 4 is 0 Å². The van der Waals surface area contributed by atoms with Crippen LogP contribution < -0.4 is 0 Å². The van der Waals surface area contributed by atoms with E-state index in [2.05, 4.69) is 26.2 Å². The molecule has 0 unspecified atom stereocenters. The van der Waals surface area contributed by atoms with Crippen LogP contribution in [0.3, 0.4) is 0 Å². The first kappa shape index (κ1) is 15.7. The molecule has 1 aromatic carbocycles. The first-order valence-corrected chi connectivity index (χ1v) is 8.19. The third kappa shape index (κ3) is 2.96. The Bertz CT molecular complexity index is 1100. The standard InChI is InChI=1S/C21H15N5/c1-14-3-2-4-19(25-14)21-18(13-24-26-21)17-9-10-23-20(11-17)16-7-5-15(12-22)6-8-16/h2-11,13H,1H3,(H,24,26). The highest BCUT2D eigenvalue weighted by atomic mass is 15.1. The molecule has 0 radical (unpaired) electrons. The molecule has 124 valence electrons. The lowest BCUT2D eigenvalue weighted by atomic mass is 10.0. The van der Waals surface area contributed by atoms with Crippen LogP contribution in [0, 0.1) is 18.3 Å². The van der Waals surface area contributed by atoms with E-state index in [0.717, 1.165) is 39.5 Å². The molecule has 0 amide bonds.